The van der Waals surface area contributed by atoms with Crippen LogP contribution in [-0.4, -0.2) is 35.2 Å². The SMILES string of the molecule is COc1ccc(-c2c3c(nc4n[nH]c(C)c24)-c2ccccc2C3=O)cc1OC. The highest BCUT2D eigenvalue weighted by molar-refractivity contribution is 6.26. The van der Waals surface area contributed by atoms with Crippen molar-refractivity contribution < 1.29 is 14.3 Å². The zero-order valence-electron chi connectivity index (χ0n) is 15.7. The quantitative estimate of drug-likeness (QED) is 0.515. The van der Waals surface area contributed by atoms with Gasteiger partial charge in [0.15, 0.2) is 22.9 Å². The molecule has 1 N–H and O–H groups in total. The average Bonchev–Trinajstić information content (AvgIpc) is 3.24. The van der Waals surface area contributed by atoms with Crippen molar-refractivity contribution >= 4 is 16.8 Å². The molecule has 0 bridgehead atoms. The molecular weight excluding hydrogens is 354 g/mol. The fourth-order valence-electron chi connectivity index (χ4n) is 3.92. The number of pyridine rings is 1. The van der Waals surface area contributed by atoms with Gasteiger partial charge in [0.2, 0.25) is 0 Å². The lowest BCUT2D eigenvalue weighted by atomic mass is 9.94. The number of nitrogens with one attached hydrogen (secondary N) is 1. The van der Waals surface area contributed by atoms with Crippen molar-refractivity contribution in [3.63, 3.8) is 0 Å². The number of aryl methyl sites for hydroxylation is 1. The maximum Gasteiger partial charge on any atom is 0.196 e. The molecule has 1 aliphatic carbocycles. The third-order valence-electron chi connectivity index (χ3n) is 5.21. The van der Waals surface area contributed by atoms with Crippen molar-refractivity contribution in [3.05, 3.63) is 59.3 Å². The molecule has 28 heavy (non-hydrogen) atoms. The molecule has 2 aromatic carbocycles. The van der Waals surface area contributed by atoms with Gasteiger partial charge in [-0.2, -0.15) is 5.10 Å². The van der Waals surface area contributed by atoms with Gasteiger partial charge in [0.25, 0.3) is 0 Å². The zero-order valence-corrected chi connectivity index (χ0v) is 15.7. The lowest BCUT2D eigenvalue weighted by Gasteiger charge is -2.13. The summed E-state index contributed by atoms with van der Waals surface area (Å²) < 4.78 is 10.8. The zero-order chi connectivity index (χ0) is 19.4. The van der Waals surface area contributed by atoms with Gasteiger partial charge in [-0.3, -0.25) is 9.89 Å². The Morgan fingerprint density at radius 2 is 1.68 bits per heavy atom. The number of hydrogen-bond donors (Lipinski definition) is 1. The number of hydrogen-bond acceptors (Lipinski definition) is 5. The molecule has 2 aromatic heterocycles. The van der Waals surface area contributed by atoms with Crippen LogP contribution in [0, 0.1) is 6.92 Å². The molecule has 5 rings (SSSR count). The van der Waals surface area contributed by atoms with Gasteiger partial charge in [-0.05, 0) is 24.6 Å². The van der Waals surface area contributed by atoms with E-state index in [-0.39, 0.29) is 5.78 Å². The summed E-state index contributed by atoms with van der Waals surface area (Å²) >= 11 is 0. The maximum absolute atomic E-state index is 13.3. The first-order valence-corrected chi connectivity index (χ1v) is 8.89. The number of aromatic amines is 1. The molecule has 0 fully saturated rings. The van der Waals surface area contributed by atoms with Crippen LogP contribution >= 0.6 is 0 Å². The van der Waals surface area contributed by atoms with Gasteiger partial charge in [-0.1, -0.05) is 30.3 Å². The van der Waals surface area contributed by atoms with Crippen molar-refractivity contribution in [2.75, 3.05) is 14.2 Å². The Balaban J connectivity index is 1.90. The molecule has 2 heterocycles. The van der Waals surface area contributed by atoms with Gasteiger partial charge >= 0.3 is 0 Å². The molecule has 0 aliphatic heterocycles. The molecule has 138 valence electrons. The minimum Gasteiger partial charge on any atom is -0.493 e. The first kappa shape index (κ1) is 16.5. The average molecular weight is 371 g/mol. The first-order chi connectivity index (χ1) is 13.6. The molecule has 6 nitrogen and oxygen atoms in total. The first-order valence-electron chi connectivity index (χ1n) is 8.89. The number of ether oxygens (including phenoxy) is 2. The van der Waals surface area contributed by atoms with Gasteiger partial charge in [0.05, 0.1) is 30.9 Å². The summed E-state index contributed by atoms with van der Waals surface area (Å²) in [5.74, 6) is 1.21. The summed E-state index contributed by atoms with van der Waals surface area (Å²) in [5, 5.41) is 8.19. The van der Waals surface area contributed by atoms with Crippen LogP contribution in [0.1, 0.15) is 21.6 Å². The Kier molecular flexibility index (Phi) is 3.49. The van der Waals surface area contributed by atoms with Gasteiger partial charge in [0.1, 0.15) is 0 Å². The minimum atomic E-state index is -0.0228. The Labute approximate surface area is 161 Å². The maximum atomic E-state index is 13.3. The van der Waals surface area contributed by atoms with Gasteiger partial charge in [-0.25, -0.2) is 4.98 Å². The number of aromatic nitrogens is 3. The van der Waals surface area contributed by atoms with E-state index in [9.17, 15) is 4.79 Å². The molecule has 0 saturated carbocycles. The van der Waals surface area contributed by atoms with Crippen LogP contribution < -0.4 is 9.47 Å². The Morgan fingerprint density at radius 1 is 0.929 bits per heavy atom. The molecule has 4 aromatic rings. The second kappa shape index (κ2) is 5.92. The molecule has 0 radical (unpaired) electrons. The lowest BCUT2D eigenvalue weighted by molar-refractivity contribution is 0.104. The molecule has 0 atom stereocenters. The minimum absolute atomic E-state index is 0.0228. The van der Waals surface area contributed by atoms with E-state index in [1.54, 1.807) is 14.2 Å². The van der Waals surface area contributed by atoms with Crippen LogP contribution in [0.4, 0.5) is 0 Å². The second-order valence-electron chi connectivity index (χ2n) is 6.70. The Morgan fingerprint density at radius 3 is 2.43 bits per heavy atom. The Hall–Kier alpha value is -3.67. The predicted octanol–water partition coefficient (Wildman–Crippen LogP) is 4.16. The van der Waals surface area contributed by atoms with Crippen LogP contribution in [0.2, 0.25) is 0 Å². The summed E-state index contributed by atoms with van der Waals surface area (Å²) in [6.07, 6.45) is 0. The number of benzene rings is 2. The number of rotatable bonds is 3. The standard InChI is InChI=1S/C22H17N3O3/c1-11-17-18(12-8-9-15(27-2)16(10-12)28-3)19-20(23-22(17)25-24-11)13-6-4-5-7-14(13)21(19)26/h4-10H,1-3H3,(H,23,24,25). The fourth-order valence-corrected chi connectivity index (χ4v) is 3.92. The normalized spacial score (nSPS) is 12.2. The van der Waals surface area contributed by atoms with E-state index in [2.05, 4.69) is 10.2 Å². The summed E-state index contributed by atoms with van der Waals surface area (Å²) in [4.78, 5) is 18.0. The van der Waals surface area contributed by atoms with Crippen molar-refractivity contribution in [2.24, 2.45) is 0 Å². The van der Waals surface area contributed by atoms with Crippen molar-refractivity contribution in [1.29, 1.82) is 0 Å². The molecule has 0 saturated heterocycles. The van der Waals surface area contributed by atoms with E-state index in [0.717, 1.165) is 27.8 Å². The van der Waals surface area contributed by atoms with Gasteiger partial charge in [0, 0.05) is 22.4 Å². The number of fused-ring (bicyclic) bond motifs is 4. The van der Waals surface area contributed by atoms with E-state index >= 15 is 0 Å². The van der Waals surface area contributed by atoms with E-state index in [0.29, 0.717) is 34.0 Å². The van der Waals surface area contributed by atoms with Crippen molar-refractivity contribution in [1.82, 2.24) is 15.2 Å². The highest BCUT2D eigenvalue weighted by Gasteiger charge is 2.33. The summed E-state index contributed by atoms with van der Waals surface area (Å²) in [5.41, 5.74) is 5.90. The highest BCUT2D eigenvalue weighted by Crippen LogP contribution is 2.45. The predicted molar refractivity (Wildman–Crippen MR) is 106 cm³/mol. The van der Waals surface area contributed by atoms with Crippen LogP contribution in [0.25, 0.3) is 33.4 Å². The van der Waals surface area contributed by atoms with Crippen molar-refractivity contribution in [3.8, 4) is 33.9 Å². The Bertz CT molecular complexity index is 1270. The smallest absolute Gasteiger partial charge is 0.196 e. The van der Waals surface area contributed by atoms with E-state index < -0.39 is 0 Å². The molecule has 0 amide bonds. The third-order valence-corrected chi connectivity index (χ3v) is 5.21. The summed E-state index contributed by atoms with van der Waals surface area (Å²) in [6, 6.07) is 13.2. The van der Waals surface area contributed by atoms with Crippen LogP contribution in [0.5, 0.6) is 11.5 Å². The van der Waals surface area contributed by atoms with E-state index in [1.165, 1.54) is 0 Å². The molecule has 6 heteroatoms. The van der Waals surface area contributed by atoms with Crippen LogP contribution in [-0.2, 0) is 0 Å². The number of ketones is 1. The number of carbonyl (C=O) groups excluding carboxylic acids is 1. The number of methoxy groups -OCH3 is 2. The van der Waals surface area contributed by atoms with E-state index in [1.807, 2.05) is 49.4 Å². The molecular formula is C22H17N3O3. The van der Waals surface area contributed by atoms with E-state index in [4.69, 9.17) is 14.5 Å². The van der Waals surface area contributed by atoms with Gasteiger partial charge < -0.3 is 9.47 Å². The monoisotopic (exact) mass is 371 g/mol. The van der Waals surface area contributed by atoms with Crippen LogP contribution in [0.15, 0.2) is 42.5 Å². The third kappa shape index (κ3) is 2.11. The largest absolute Gasteiger partial charge is 0.493 e. The highest BCUT2D eigenvalue weighted by atomic mass is 16.5. The molecule has 0 unspecified atom stereocenters. The number of carbonyl (C=O) groups is 1. The number of H-pyrrole nitrogens is 1. The summed E-state index contributed by atoms with van der Waals surface area (Å²) in [7, 11) is 3.19. The second-order valence-corrected chi connectivity index (χ2v) is 6.70. The fraction of sp³-hybridized carbons (Fsp3) is 0.136. The number of nitrogens with zero attached hydrogens (tertiary/aromatic N) is 2. The van der Waals surface area contributed by atoms with Crippen molar-refractivity contribution in [2.45, 2.75) is 6.92 Å². The van der Waals surface area contributed by atoms with Gasteiger partial charge in [-0.15, -0.1) is 0 Å². The topological polar surface area (TPSA) is 77.1 Å². The van der Waals surface area contributed by atoms with Crippen LogP contribution in [0.3, 0.4) is 0 Å². The molecule has 0 spiro atoms. The summed E-state index contributed by atoms with van der Waals surface area (Å²) in [6.45, 7) is 1.93. The molecule has 1 aliphatic rings. The lowest BCUT2D eigenvalue weighted by Crippen LogP contribution is -2.01.